The molecule has 5 heteroatoms. The molecule has 0 bridgehead atoms. The zero-order valence-electron chi connectivity index (χ0n) is 9.54. The van der Waals surface area contributed by atoms with Gasteiger partial charge in [0.25, 0.3) is 6.43 Å². The molecule has 0 spiro atoms. The number of aliphatic hydroxyl groups is 1. The molecule has 0 fully saturated rings. The van der Waals surface area contributed by atoms with E-state index in [1.807, 2.05) is 31.2 Å². The quantitative estimate of drug-likeness (QED) is 0.846. The molecule has 0 saturated carbocycles. The van der Waals surface area contributed by atoms with Crippen LogP contribution in [-0.2, 0) is 0 Å². The minimum absolute atomic E-state index is 0.0171. The number of halogens is 3. The number of nitrogens with one attached hydrogen (secondary N) is 1. The van der Waals surface area contributed by atoms with Crippen LogP contribution in [0.5, 0.6) is 0 Å². The standard InChI is InChI=1S/C12H16BrF2NO/c1-2-10(16-7-11(17)12(14)15)8-3-5-9(13)6-4-8/h3-6,10-12,16-17H,2,7H2,1H3. The molecule has 2 nitrogen and oxygen atoms in total. The fourth-order valence-corrected chi connectivity index (χ4v) is 1.81. The summed E-state index contributed by atoms with van der Waals surface area (Å²) in [6, 6.07) is 7.66. The second-order valence-electron chi connectivity index (χ2n) is 3.82. The second kappa shape index (κ2) is 7.03. The van der Waals surface area contributed by atoms with Gasteiger partial charge in [-0.05, 0) is 24.1 Å². The Balaban J connectivity index is 2.57. The molecule has 17 heavy (non-hydrogen) atoms. The number of aliphatic hydroxyl groups excluding tert-OH is 1. The summed E-state index contributed by atoms with van der Waals surface area (Å²) >= 11 is 3.34. The predicted octanol–water partition coefficient (Wildman–Crippen LogP) is 3.12. The Morgan fingerprint density at radius 3 is 2.35 bits per heavy atom. The molecule has 0 aliphatic carbocycles. The molecule has 0 radical (unpaired) electrons. The lowest BCUT2D eigenvalue weighted by atomic mass is 10.0. The summed E-state index contributed by atoms with van der Waals surface area (Å²) in [5.74, 6) is 0. The highest BCUT2D eigenvalue weighted by molar-refractivity contribution is 9.10. The Kier molecular flexibility index (Phi) is 6.02. The van der Waals surface area contributed by atoms with Gasteiger partial charge in [0.15, 0.2) is 0 Å². The van der Waals surface area contributed by atoms with Crippen LogP contribution in [0.3, 0.4) is 0 Å². The monoisotopic (exact) mass is 307 g/mol. The van der Waals surface area contributed by atoms with E-state index in [9.17, 15) is 8.78 Å². The Labute approximate surface area is 108 Å². The molecule has 0 saturated heterocycles. The second-order valence-corrected chi connectivity index (χ2v) is 4.74. The van der Waals surface area contributed by atoms with Crippen LogP contribution in [0.15, 0.2) is 28.7 Å². The fraction of sp³-hybridized carbons (Fsp3) is 0.500. The van der Waals surface area contributed by atoms with Gasteiger partial charge in [0, 0.05) is 17.1 Å². The van der Waals surface area contributed by atoms with Crippen LogP contribution in [0.2, 0.25) is 0 Å². The normalized spacial score (nSPS) is 14.9. The summed E-state index contributed by atoms with van der Waals surface area (Å²) in [6.45, 7) is 1.86. The van der Waals surface area contributed by atoms with Gasteiger partial charge >= 0.3 is 0 Å². The molecule has 0 aliphatic rings. The third-order valence-electron chi connectivity index (χ3n) is 2.54. The van der Waals surface area contributed by atoms with Gasteiger partial charge < -0.3 is 10.4 Å². The number of rotatable bonds is 6. The largest absolute Gasteiger partial charge is 0.386 e. The minimum atomic E-state index is -2.70. The van der Waals surface area contributed by atoms with Crippen molar-refractivity contribution in [3.8, 4) is 0 Å². The van der Waals surface area contributed by atoms with Crippen molar-refractivity contribution in [3.05, 3.63) is 34.3 Å². The molecule has 2 N–H and O–H groups in total. The lowest BCUT2D eigenvalue weighted by Gasteiger charge is -2.19. The molecule has 0 aromatic heterocycles. The van der Waals surface area contributed by atoms with E-state index in [0.717, 1.165) is 16.5 Å². The first-order chi connectivity index (χ1) is 8.04. The third-order valence-corrected chi connectivity index (χ3v) is 3.07. The Hall–Kier alpha value is -0.520. The highest BCUT2D eigenvalue weighted by Gasteiger charge is 2.18. The average molecular weight is 308 g/mol. The lowest BCUT2D eigenvalue weighted by Crippen LogP contribution is -2.34. The highest BCUT2D eigenvalue weighted by Crippen LogP contribution is 2.19. The summed E-state index contributed by atoms with van der Waals surface area (Å²) in [5.41, 5.74) is 1.03. The van der Waals surface area contributed by atoms with Crippen molar-refractivity contribution in [3.63, 3.8) is 0 Å². The predicted molar refractivity (Wildman–Crippen MR) is 67.2 cm³/mol. The maximum atomic E-state index is 12.1. The first kappa shape index (κ1) is 14.5. The van der Waals surface area contributed by atoms with E-state index in [2.05, 4.69) is 21.2 Å². The lowest BCUT2D eigenvalue weighted by molar-refractivity contribution is -0.00471. The number of hydrogen-bond donors (Lipinski definition) is 2. The van der Waals surface area contributed by atoms with Crippen LogP contribution in [-0.4, -0.2) is 24.2 Å². The first-order valence-corrected chi connectivity index (χ1v) is 6.29. The van der Waals surface area contributed by atoms with Crippen molar-refractivity contribution >= 4 is 15.9 Å². The van der Waals surface area contributed by atoms with Crippen molar-refractivity contribution < 1.29 is 13.9 Å². The van der Waals surface area contributed by atoms with Crippen LogP contribution < -0.4 is 5.32 Å². The zero-order chi connectivity index (χ0) is 12.8. The molecule has 1 rings (SSSR count). The van der Waals surface area contributed by atoms with Crippen molar-refractivity contribution in [1.29, 1.82) is 0 Å². The molecule has 2 atom stereocenters. The van der Waals surface area contributed by atoms with E-state index in [4.69, 9.17) is 5.11 Å². The van der Waals surface area contributed by atoms with Crippen LogP contribution >= 0.6 is 15.9 Å². The summed E-state index contributed by atoms with van der Waals surface area (Å²) in [7, 11) is 0. The van der Waals surface area contributed by atoms with Gasteiger partial charge in [0.1, 0.15) is 6.10 Å². The van der Waals surface area contributed by atoms with Gasteiger partial charge in [-0.2, -0.15) is 0 Å². The number of hydrogen-bond acceptors (Lipinski definition) is 2. The Morgan fingerprint density at radius 1 is 1.29 bits per heavy atom. The van der Waals surface area contributed by atoms with Crippen molar-refractivity contribution in [2.24, 2.45) is 0 Å². The van der Waals surface area contributed by atoms with Gasteiger partial charge in [-0.3, -0.25) is 0 Å². The van der Waals surface area contributed by atoms with Gasteiger partial charge in [-0.25, -0.2) is 8.78 Å². The van der Waals surface area contributed by atoms with Gasteiger partial charge in [-0.15, -0.1) is 0 Å². The molecular weight excluding hydrogens is 292 g/mol. The van der Waals surface area contributed by atoms with Crippen LogP contribution in [0.25, 0.3) is 0 Å². The topological polar surface area (TPSA) is 32.3 Å². The minimum Gasteiger partial charge on any atom is -0.386 e. The van der Waals surface area contributed by atoms with Crippen LogP contribution in [0.4, 0.5) is 8.78 Å². The maximum Gasteiger partial charge on any atom is 0.265 e. The maximum absolute atomic E-state index is 12.1. The Bertz CT molecular complexity index is 332. The third kappa shape index (κ3) is 4.69. The number of benzene rings is 1. The van der Waals surface area contributed by atoms with Crippen LogP contribution in [0.1, 0.15) is 24.9 Å². The van der Waals surface area contributed by atoms with E-state index >= 15 is 0 Å². The molecular formula is C12H16BrF2NO. The smallest absolute Gasteiger partial charge is 0.265 e. The van der Waals surface area contributed by atoms with E-state index in [-0.39, 0.29) is 12.6 Å². The Morgan fingerprint density at radius 2 is 1.88 bits per heavy atom. The number of alkyl halides is 2. The average Bonchev–Trinajstić information content (AvgIpc) is 2.31. The highest BCUT2D eigenvalue weighted by atomic mass is 79.9. The molecule has 1 aromatic carbocycles. The zero-order valence-corrected chi connectivity index (χ0v) is 11.1. The van der Waals surface area contributed by atoms with Crippen molar-refractivity contribution in [1.82, 2.24) is 5.32 Å². The van der Waals surface area contributed by atoms with E-state index in [0.29, 0.717) is 0 Å². The van der Waals surface area contributed by atoms with E-state index < -0.39 is 12.5 Å². The van der Waals surface area contributed by atoms with Gasteiger partial charge in [0.05, 0.1) is 0 Å². The molecule has 1 aromatic rings. The summed E-state index contributed by atoms with van der Waals surface area (Å²) in [5, 5.41) is 12.0. The molecule has 0 heterocycles. The summed E-state index contributed by atoms with van der Waals surface area (Å²) in [6.07, 6.45) is -3.54. The van der Waals surface area contributed by atoms with E-state index in [1.165, 1.54) is 0 Å². The summed E-state index contributed by atoms with van der Waals surface area (Å²) in [4.78, 5) is 0. The summed E-state index contributed by atoms with van der Waals surface area (Å²) < 4.78 is 25.3. The van der Waals surface area contributed by atoms with E-state index in [1.54, 1.807) is 0 Å². The van der Waals surface area contributed by atoms with Gasteiger partial charge in [0.2, 0.25) is 0 Å². The first-order valence-electron chi connectivity index (χ1n) is 5.49. The molecule has 96 valence electrons. The SMILES string of the molecule is CCC(NCC(O)C(F)F)c1ccc(Br)cc1. The fourth-order valence-electron chi connectivity index (χ4n) is 1.55. The van der Waals surface area contributed by atoms with Gasteiger partial charge in [-0.1, -0.05) is 35.0 Å². The van der Waals surface area contributed by atoms with Crippen molar-refractivity contribution in [2.75, 3.05) is 6.54 Å². The van der Waals surface area contributed by atoms with Crippen molar-refractivity contribution in [2.45, 2.75) is 31.9 Å². The molecule has 2 unspecified atom stereocenters. The molecule has 0 amide bonds. The molecule has 0 aliphatic heterocycles. The van der Waals surface area contributed by atoms with Crippen LogP contribution in [0, 0.1) is 0 Å².